The number of ether oxygens (including phenoxy) is 1. The molecule has 1 atom stereocenters. The van der Waals surface area contributed by atoms with Crippen LogP contribution in [0.3, 0.4) is 0 Å². The Bertz CT molecular complexity index is 581. The van der Waals surface area contributed by atoms with Crippen LogP contribution in [-0.2, 0) is 12.8 Å². The standard InChI is InChI=1S/C17H20FNO/c1-3-13-6-4-5-7-16(13)20-17-9-8-15(18)11-14(17)10-12(2)19/h4-9,11-12H,3,10,19H2,1-2H3. The molecule has 2 aromatic rings. The summed E-state index contributed by atoms with van der Waals surface area (Å²) in [7, 11) is 0. The zero-order valence-electron chi connectivity index (χ0n) is 11.9. The molecule has 0 saturated heterocycles. The second kappa shape index (κ2) is 6.53. The Morgan fingerprint density at radius 2 is 1.80 bits per heavy atom. The highest BCUT2D eigenvalue weighted by molar-refractivity contribution is 5.42. The maximum Gasteiger partial charge on any atom is 0.130 e. The molecule has 2 rings (SSSR count). The van der Waals surface area contributed by atoms with E-state index in [1.165, 1.54) is 12.1 Å². The van der Waals surface area contributed by atoms with E-state index in [0.29, 0.717) is 12.2 Å². The van der Waals surface area contributed by atoms with Crippen LogP contribution in [0.2, 0.25) is 0 Å². The first-order valence-corrected chi connectivity index (χ1v) is 6.90. The molecule has 106 valence electrons. The third kappa shape index (κ3) is 3.58. The fraction of sp³-hybridized carbons (Fsp3) is 0.294. The Kier molecular flexibility index (Phi) is 4.74. The van der Waals surface area contributed by atoms with Gasteiger partial charge in [-0.1, -0.05) is 25.1 Å². The minimum Gasteiger partial charge on any atom is -0.457 e. The molecule has 0 bridgehead atoms. The first-order valence-electron chi connectivity index (χ1n) is 6.90. The summed E-state index contributed by atoms with van der Waals surface area (Å²) >= 11 is 0. The van der Waals surface area contributed by atoms with Gasteiger partial charge in [-0.15, -0.1) is 0 Å². The number of para-hydroxylation sites is 1. The summed E-state index contributed by atoms with van der Waals surface area (Å²) in [4.78, 5) is 0. The highest BCUT2D eigenvalue weighted by atomic mass is 19.1. The van der Waals surface area contributed by atoms with Crippen LogP contribution in [0.1, 0.15) is 25.0 Å². The fourth-order valence-corrected chi connectivity index (χ4v) is 2.17. The van der Waals surface area contributed by atoms with Gasteiger partial charge in [0, 0.05) is 6.04 Å². The van der Waals surface area contributed by atoms with Crippen LogP contribution in [0.15, 0.2) is 42.5 Å². The van der Waals surface area contributed by atoms with Crippen molar-refractivity contribution in [3.63, 3.8) is 0 Å². The molecule has 0 radical (unpaired) electrons. The van der Waals surface area contributed by atoms with E-state index in [4.69, 9.17) is 10.5 Å². The number of rotatable bonds is 5. The molecule has 2 nitrogen and oxygen atoms in total. The fourth-order valence-electron chi connectivity index (χ4n) is 2.17. The third-order valence-corrected chi connectivity index (χ3v) is 3.14. The Morgan fingerprint density at radius 3 is 2.50 bits per heavy atom. The van der Waals surface area contributed by atoms with Crippen LogP contribution in [0, 0.1) is 5.82 Å². The van der Waals surface area contributed by atoms with Crippen molar-refractivity contribution in [2.75, 3.05) is 0 Å². The van der Waals surface area contributed by atoms with Crippen molar-refractivity contribution in [2.45, 2.75) is 32.7 Å². The van der Waals surface area contributed by atoms with Crippen LogP contribution >= 0.6 is 0 Å². The van der Waals surface area contributed by atoms with Gasteiger partial charge in [-0.2, -0.15) is 0 Å². The molecule has 0 aliphatic rings. The molecule has 0 aromatic heterocycles. The van der Waals surface area contributed by atoms with Crippen molar-refractivity contribution < 1.29 is 9.13 Å². The lowest BCUT2D eigenvalue weighted by atomic mass is 10.1. The molecule has 1 unspecified atom stereocenters. The van der Waals surface area contributed by atoms with Crippen LogP contribution < -0.4 is 10.5 Å². The lowest BCUT2D eigenvalue weighted by Gasteiger charge is -2.15. The third-order valence-electron chi connectivity index (χ3n) is 3.14. The molecule has 2 N–H and O–H groups in total. The number of nitrogens with two attached hydrogens (primary N) is 1. The second-order valence-corrected chi connectivity index (χ2v) is 5.00. The van der Waals surface area contributed by atoms with Gasteiger partial charge in [-0.25, -0.2) is 4.39 Å². The molecule has 0 saturated carbocycles. The maximum absolute atomic E-state index is 13.4. The monoisotopic (exact) mass is 273 g/mol. The second-order valence-electron chi connectivity index (χ2n) is 5.00. The minimum atomic E-state index is -0.267. The summed E-state index contributed by atoms with van der Waals surface area (Å²) in [5.74, 6) is 1.22. The summed E-state index contributed by atoms with van der Waals surface area (Å²) in [5.41, 5.74) is 7.74. The van der Waals surface area contributed by atoms with E-state index in [1.807, 2.05) is 31.2 Å². The maximum atomic E-state index is 13.4. The average molecular weight is 273 g/mol. The van der Waals surface area contributed by atoms with Crippen molar-refractivity contribution in [1.82, 2.24) is 0 Å². The highest BCUT2D eigenvalue weighted by Gasteiger charge is 2.10. The van der Waals surface area contributed by atoms with Crippen LogP contribution in [-0.4, -0.2) is 6.04 Å². The van der Waals surface area contributed by atoms with Gasteiger partial charge in [0.15, 0.2) is 0 Å². The van der Waals surface area contributed by atoms with Gasteiger partial charge in [-0.3, -0.25) is 0 Å². The summed E-state index contributed by atoms with van der Waals surface area (Å²) in [5, 5.41) is 0. The Morgan fingerprint density at radius 1 is 1.10 bits per heavy atom. The zero-order valence-corrected chi connectivity index (χ0v) is 11.9. The Balaban J connectivity index is 2.33. The van der Waals surface area contributed by atoms with Crippen molar-refractivity contribution in [1.29, 1.82) is 0 Å². The largest absolute Gasteiger partial charge is 0.457 e. The molecule has 0 amide bonds. The number of halogens is 1. The van der Waals surface area contributed by atoms with Crippen molar-refractivity contribution in [3.8, 4) is 11.5 Å². The van der Waals surface area contributed by atoms with E-state index in [2.05, 4.69) is 6.92 Å². The van der Waals surface area contributed by atoms with Crippen LogP contribution in [0.4, 0.5) is 4.39 Å². The predicted molar refractivity (Wildman–Crippen MR) is 79.6 cm³/mol. The topological polar surface area (TPSA) is 35.2 Å². The molecule has 0 aliphatic heterocycles. The summed E-state index contributed by atoms with van der Waals surface area (Å²) in [6, 6.07) is 12.4. The van der Waals surface area contributed by atoms with Gasteiger partial charge in [0.25, 0.3) is 0 Å². The molecule has 0 fully saturated rings. The number of hydrogen-bond acceptors (Lipinski definition) is 2. The highest BCUT2D eigenvalue weighted by Crippen LogP contribution is 2.29. The predicted octanol–water partition coefficient (Wildman–Crippen LogP) is 4.07. The summed E-state index contributed by atoms with van der Waals surface area (Å²) in [6.45, 7) is 3.98. The van der Waals surface area contributed by atoms with E-state index in [9.17, 15) is 4.39 Å². The lowest BCUT2D eigenvalue weighted by Crippen LogP contribution is -2.18. The molecular formula is C17H20FNO. The van der Waals surface area contributed by atoms with E-state index in [-0.39, 0.29) is 11.9 Å². The smallest absolute Gasteiger partial charge is 0.130 e. The molecule has 0 spiro atoms. The molecule has 0 aliphatic carbocycles. The van der Waals surface area contributed by atoms with Crippen LogP contribution in [0.25, 0.3) is 0 Å². The molecule has 20 heavy (non-hydrogen) atoms. The van der Waals surface area contributed by atoms with Crippen molar-refractivity contribution in [2.24, 2.45) is 5.73 Å². The van der Waals surface area contributed by atoms with E-state index >= 15 is 0 Å². The quantitative estimate of drug-likeness (QED) is 0.891. The van der Waals surface area contributed by atoms with Gasteiger partial charge in [0.05, 0.1) is 0 Å². The normalized spacial score (nSPS) is 12.2. The molecule has 3 heteroatoms. The van der Waals surface area contributed by atoms with E-state index in [0.717, 1.165) is 23.3 Å². The van der Waals surface area contributed by atoms with Crippen molar-refractivity contribution >= 4 is 0 Å². The van der Waals surface area contributed by atoms with Crippen LogP contribution in [0.5, 0.6) is 11.5 Å². The first-order chi connectivity index (χ1) is 9.60. The first kappa shape index (κ1) is 14.5. The molecular weight excluding hydrogens is 253 g/mol. The molecule has 2 aromatic carbocycles. The van der Waals surface area contributed by atoms with Gasteiger partial charge in [-0.05, 0) is 55.2 Å². The zero-order chi connectivity index (χ0) is 14.5. The van der Waals surface area contributed by atoms with E-state index < -0.39 is 0 Å². The SMILES string of the molecule is CCc1ccccc1Oc1ccc(F)cc1CC(C)N. The lowest BCUT2D eigenvalue weighted by molar-refractivity contribution is 0.466. The Labute approximate surface area is 119 Å². The Hall–Kier alpha value is -1.87. The molecule has 0 heterocycles. The van der Waals surface area contributed by atoms with Gasteiger partial charge < -0.3 is 10.5 Å². The summed E-state index contributed by atoms with van der Waals surface area (Å²) in [6.07, 6.45) is 1.47. The van der Waals surface area contributed by atoms with E-state index in [1.54, 1.807) is 6.07 Å². The summed E-state index contributed by atoms with van der Waals surface area (Å²) < 4.78 is 19.4. The van der Waals surface area contributed by atoms with Gasteiger partial charge in [0.1, 0.15) is 17.3 Å². The minimum absolute atomic E-state index is 0.0411. The van der Waals surface area contributed by atoms with Gasteiger partial charge in [0.2, 0.25) is 0 Å². The van der Waals surface area contributed by atoms with Gasteiger partial charge >= 0.3 is 0 Å². The number of benzene rings is 2. The number of hydrogen-bond donors (Lipinski definition) is 1. The number of aryl methyl sites for hydroxylation is 1. The average Bonchev–Trinajstić information content (AvgIpc) is 2.42. The van der Waals surface area contributed by atoms with Crippen molar-refractivity contribution in [3.05, 3.63) is 59.4 Å².